The molecule has 0 aliphatic carbocycles. The van der Waals surface area contributed by atoms with E-state index < -0.39 is 0 Å². The molecule has 0 saturated carbocycles. The second-order valence-corrected chi connectivity index (χ2v) is 6.05. The number of hydrogen-bond donors (Lipinski definition) is 1. The second kappa shape index (κ2) is 7.80. The fourth-order valence-electron chi connectivity index (χ4n) is 2.24. The van der Waals surface area contributed by atoms with E-state index in [0.29, 0.717) is 24.6 Å². The Morgan fingerprint density at radius 1 is 1.47 bits per heavy atom. The summed E-state index contributed by atoms with van der Waals surface area (Å²) in [4.78, 5) is 12.4. The molecule has 1 aromatic heterocycles. The Balaban J connectivity index is 2.70. The molecule has 0 fully saturated rings. The molecule has 0 aliphatic heterocycles. The number of rotatable bonds is 8. The molecule has 0 bridgehead atoms. The monoisotopic (exact) mass is 329 g/mol. The highest BCUT2D eigenvalue weighted by Crippen LogP contribution is 2.23. The molecule has 4 nitrogen and oxygen atoms in total. The number of nitrogens with two attached hydrogens (primary N) is 1. The topological polar surface area (TPSA) is 60.9 Å². The smallest absolute Gasteiger partial charge is 0.182 e. The van der Waals surface area contributed by atoms with Crippen molar-refractivity contribution in [3.8, 4) is 0 Å². The minimum Gasteiger partial charge on any atom is -0.330 e. The van der Waals surface area contributed by atoms with Crippen LogP contribution in [0, 0.1) is 5.92 Å². The maximum atomic E-state index is 12.4. The molecule has 0 aliphatic rings. The van der Waals surface area contributed by atoms with Crippen LogP contribution in [-0.4, -0.2) is 22.1 Å². The van der Waals surface area contributed by atoms with Gasteiger partial charge in [-0.25, -0.2) is 0 Å². The number of carbonyl (C=O) groups excluding carboxylic acids is 1. The predicted molar refractivity (Wildman–Crippen MR) is 81.3 cm³/mol. The Morgan fingerprint density at radius 2 is 2.16 bits per heavy atom. The zero-order valence-corrected chi connectivity index (χ0v) is 13.6. The van der Waals surface area contributed by atoms with Crippen LogP contribution in [0.1, 0.15) is 63.0 Å². The Hall–Kier alpha value is -0.680. The van der Waals surface area contributed by atoms with Crippen LogP contribution in [0.25, 0.3) is 0 Å². The van der Waals surface area contributed by atoms with Gasteiger partial charge < -0.3 is 5.73 Å². The van der Waals surface area contributed by atoms with Gasteiger partial charge in [-0.2, -0.15) is 5.10 Å². The van der Waals surface area contributed by atoms with Crippen LogP contribution in [0.3, 0.4) is 0 Å². The molecule has 0 aromatic carbocycles. The van der Waals surface area contributed by atoms with E-state index in [1.54, 1.807) is 10.9 Å². The summed E-state index contributed by atoms with van der Waals surface area (Å²) < 4.78 is 2.58. The lowest BCUT2D eigenvalue weighted by Gasteiger charge is -2.14. The largest absolute Gasteiger partial charge is 0.330 e. The van der Waals surface area contributed by atoms with Gasteiger partial charge >= 0.3 is 0 Å². The normalized spacial score (nSPS) is 12.9. The van der Waals surface area contributed by atoms with E-state index in [4.69, 9.17) is 5.73 Å². The first-order chi connectivity index (χ1) is 9.01. The van der Waals surface area contributed by atoms with Gasteiger partial charge in [0.25, 0.3) is 0 Å². The molecule has 19 heavy (non-hydrogen) atoms. The third kappa shape index (κ3) is 4.42. The van der Waals surface area contributed by atoms with E-state index in [1.807, 2.05) is 13.8 Å². The number of aromatic nitrogens is 2. The van der Waals surface area contributed by atoms with E-state index in [0.717, 1.165) is 23.7 Å². The molecular formula is C14H24BrN3O. The number of ketones is 1. The number of carbonyl (C=O) groups is 1. The molecule has 1 heterocycles. The van der Waals surface area contributed by atoms with E-state index in [-0.39, 0.29) is 11.8 Å². The fourth-order valence-corrected chi connectivity index (χ4v) is 2.73. The van der Waals surface area contributed by atoms with Crippen LogP contribution in [0.5, 0.6) is 0 Å². The van der Waals surface area contributed by atoms with E-state index >= 15 is 0 Å². The van der Waals surface area contributed by atoms with Crippen LogP contribution in [0.2, 0.25) is 0 Å². The lowest BCUT2D eigenvalue weighted by molar-refractivity contribution is 0.0959. The van der Waals surface area contributed by atoms with Crippen LogP contribution in [0.4, 0.5) is 0 Å². The summed E-state index contributed by atoms with van der Waals surface area (Å²) in [7, 11) is 0. The van der Waals surface area contributed by atoms with Crippen LogP contribution < -0.4 is 5.73 Å². The van der Waals surface area contributed by atoms with E-state index in [1.165, 1.54) is 0 Å². The van der Waals surface area contributed by atoms with E-state index in [2.05, 4.69) is 28.0 Å². The van der Waals surface area contributed by atoms with Crippen molar-refractivity contribution in [2.45, 2.75) is 52.5 Å². The van der Waals surface area contributed by atoms with Crippen molar-refractivity contribution in [2.75, 3.05) is 6.54 Å². The standard InChI is InChI=1S/C14H24BrN3O/c1-4-11(7-8-16)5-6-13(19)14-12(15)9-17-18(14)10(2)3/h9-11H,4-8,16H2,1-3H3. The molecular weight excluding hydrogens is 306 g/mol. The molecule has 0 radical (unpaired) electrons. The lowest BCUT2D eigenvalue weighted by atomic mass is 9.95. The summed E-state index contributed by atoms with van der Waals surface area (Å²) in [6.45, 7) is 6.90. The summed E-state index contributed by atoms with van der Waals surface area (Å²) in [6.07, 6.45) is 5.24. The molecule has 1 unspecified atom stereocenters. The van der Waals surface area contributed by atoms with Gasteiger partial charge in [0.05, 0.1) is 10.7 Å². The molecule has 0 spiro atoms. The Kier molecular flexibility index (Phi) is 6.72. The van der Waals surface area contributed by atoms with Crippen LogP contribution in [0.15, 0.2) is 10.7 Å². The fraction of sp³-hybridized carbons (Fsp3) is 0.714. The SMILES string of the molecule is CCC(CCN)CCC(=O)c1c(Br)cnn1C(C)C. The summed E-state index contributed by atoms with van der Waals surface area (Å²) >= 11 is 3.42. The van der Waals surface area contributed by atoms with Gasteiger partial charge in [-0.15, -0.1) is 0 Å². The quantitative estimate of drug-likeness (QED) is 0.741. The molecule has 0 saturated heterocycles. The molecule has 5 heteroatoms. The minimum absolute atomic E-state index is 0.161. The van der Waals surface area contributed by atoms with Gasteiger partial charge in [0.2, 0.25) is 0 Å². The Bertz CT molecular complexity index is 415. The average molecular weight is 330 g/mol. The summed E-state index contributed by atoms with van der Waals surface area (Å²) in [5.41, 5.74) is 6.28. The van der Waals surface area contributed by atoms with Crippen LogP contribution >= 0.6 is 15.9 Å². The van der Waals surface area contributed by atoms with Gasteiger partial charge in [0.1, 0.15) is 5.69 Å². The highest BCUT2D eigenvalue weighted by atomic mass is 79.9. The number of hydrogen-bond acceptors (Lipinski definition) is 3. The summed E-state index contributed by atoms with van der Waals surface area (Å²) in [5.74, 6) is 0.705. The first-order valence-corrected chi connectivity index (χ1v) is 7.76. The van der Waals surface area contributed by atoms with Crippen molar-refractivity contribution in [2.24, 2.45) is 11.7 Å². The summed E-state index contributed by atoms with van der Waals surface area (Å²) in [5, 5.41) is 4.25. The maximum absolute atomic E-state index is 12.4. The van der Waals surface area contributed by atoms with Crippen molar-refractivity contribution in [3.63, 3.8) is 0 Å². The molecule has 108 valence electrons. The van der Waals surface area contributed by atoms with E-state index in [9.17, 15) is 4.79 Å². The van der Waals surface area contributed by atoms with Gasteiger partial charge in [-0.05, 0) is 55.1 Å². The first kappa shape index (κ1) is 16.4. The van der Waals surface area contributed by atoms with Gasteiger partial charge in [-0.1, -0.05) is 13.3 Å². The predicted octanol–water partition coefficient (Wildman–Crippen LogP) is 3.56. The first-order valence-electron chi connectivity index (χ1n) is 6.97. The maximum Gasteiger partial charge on any atom is 0.182 e. The zero-order chi connectivity index (χ0) is 14.4. The summed E-state index contributed by atoms with van der Waals surface area (Å²) in [6, 6.07) is 0.191. The van der Waals surface area contributed by atoms with Gasteiger partial charge in [0.15, 0.2) is 5.78 Å². The van der Waals surface area contributed by atoms with Crippen molar-refractivity contribution in [3.05, 3.63) is 16.4 Å². The van der Waals surface area contributed by atoms with Gasteiger partial charge in [0, 0.05) is 12.5 Å². The van der Waals surface area contributed by atoms with Crippen LogP contribution in [-0.2, 0) is 0 Å². The molecule has 1 rings (SSSR count). The van der Waals surface area contributed by atoms with Crippen molar-refractivity contribution in [1.82, 2.24) is 9.78 Å². The number of halogens is 1. The third-order valence-corrected chi connectivity index (χ3v) is 4.02. The second-order valence-electron chi connectivity index (χ2n) is 5.19. The number of nitrogens with zero attached hydrogens (tertiary/aromatic N) is 2. The Labute approximate surface area is 123 Å². The van der Waals surface area contributed by atoms with Crippen molar-refractivity contribution >= 4 is 21.7 Å². The average Bonchev–Trinajstić information content (AvgIpc) is 2.76. The highest BCUT2D eigenvalue weighted by Gasteiger charge is 2.19. The lowest BCUT2D eigenvalue weighted by Crippen LogP contribution is -2.15. The highest BCUT2D eigenvalue weighted by molar-refractivity contribution is 9.10. The molecule has 2 N–H and O–H groups in total. The van der Waals surface area contributed by atoms with Crippen molar-refractivity contribution in [1.29, 1.82) is 0 Å². The Morgan fingerprint density at radius 3 is 2.68 bits per heavy atom. The zero-order valence-electron chi connectivity index (χ0n) is 12.0. The molecule has 1 atom stereocenters. The molecule has 0 amide bonds. The number of Topliss-reactive ketones (excluding diaryl/α,β-unsaturated/α-hetero) is 1. The molecule has 1 aromatic rings. The van der Waals surface area contributed by atoms with Crippen molar-refractivity contribution < 1.29 is 4.79 Å². The minimum atomic E-state index is 0.161. The third-order valence-electron chi connectivity index (χ3n) is 3.44. The van der Waals surface area contributed by atoms with Gasteiger partial charge in [-0.3, -0.25) is 9.48 Å².